The molecule has 0 saturated carbocycles. The molecule has 3 rings (SSSR count). The number of benzene rings is 2. The van der Waals surface area contributed by atoms with Crippen LogP contribution in [0.3, 0.4) is 0 Å². The summed E-state index contributed by atoms with van der Waals surface area (Å²) in [6.07, 6.45) is 0.918. The van der Waals surface area contributed by atoms with Gasteiger partial charge in [0.25, 0.3) is 5.69 Å². The molecule has 1 heterocycles. The highest BCUT2D eigenvalue weighted by Crippen LogP contribution is 2.23. The van der Waals surface area contributed by atoms with E-state index in [0.717, 1.165) is 5.56 Å². The zero-order valence-electron chi connectivity index (χ0n) is 15.7. The Bertz CT molecular complexity index is 1120. The Morgan fingerprint density at radius 1 is 1.17 bits per heavy atom. The number of thiazole rings is 1. The normalized spacial score (nSPS) is 11.6. The van der Waals surface area contributed by atoms with Gasteiger partial charge in [-0.2, -0.15) is 4.99 Å². The van der Waals surface area contributed by atoms with Crippen LogP contribution in [0.4, 0.5) is 5.69 Å². The third kappa shape index (κ3) is 5.14. The van der Waals surface area contributed by atoms with Gasteiger partial charge in [-0.15, -0.1) is 0 Å². The van der Waals surface area contributed by atoms with Crippen molar-refractivity contribution in [3.8, 4) is 0 Å². The van der Waals surface area contributed by atoms with E-state index in [4.69, 9.17) is 0 Å². The fraction of sp³-hybridized carbons (Fsp3) is 0.250. The van der Waals surface area contributed by atoms with Gasteiger partial charge in [0, 0.05) is 25.1 Å². The van der Waals surface area contributed by atoms with Crippen molar-refractivity contribution in [3.05, 3.63) is 69.0 Å². The van der Waals surface area contributed by atoms with E-state index in [1.165, 1.54) is 30.6 Å². The molecule has 0 N–H and O–H groups in total. The van der Waals surface area contributed by atoms with Crippen LogP contribution in [0.5, 0.6) is 0 Å². The Morgan fingerprint density at radius 3 is 2.62 bits per heavy atom. The Hall–Kier alpha value is -3.33. The summed E-state index contributed by atoms with van der Waals surface area (Å²) in [4.78, 5) is 39.2. The zero-order valence-corrected chi connectivity index (χ0v) is 16.6. The number of amides is 1. The van der Waals surface area contributed by atoms with Gasteiger partial charge in [-0.25, -0.2) is 0 Å². The quantitative estimate of drug-likeness (QED) is 0.336. The third-order valence-corrected chi connectivity index (χ3v) is 5.38. The predicted octanol–water partition coefficient (Wildman–Crippen LogP) is 3.23. The lowest BCUT2D eigenvalue weighted by Gasteiger charge is -2.04. The lowest BCUT2D eigenvalue weighted by molar-refractivity contribution is -0.384. The van der Waals surface area contributed by atoms with E-state index in [2.05, 4.69) is 9.73 Å². The molecule has 0 aliphatic carbocycles. The summed E-state index contributed by atoms with van der Waals surface area (Å²) in [7, 11) is 1.31. The number of aryl methyl sites for hydroxylation is 2. The number of carbonyl (C=O) groups excluding carboxylic acids is 2. The van der Waals surface area contributed by atoms with Gasteiger partial charge >= 0.3 is 5.97 Å². The maximum atomic E-state index is 12.4. The van der Waals surface area contributed by atoms with Crippen molar-refractivity contribution in [1.82, 2.24) is 4.57 Å². The van der Waals surface area contributed by atoms with Crippen LogP contribution in [0.2, 0.25) is 0 Å². The summed E-state index contributed by atoms with van der Waals surface area (Å²) in [5.74, 6) is -0.679. The van der Waals surface area contributed by atoms with E-state index in [9.17, 15) is 19.7 Å². The monoisotopic (exact) mass is 413 g/mol. The average molecular weight is 413 g/mol. The minimum absolute atomic E-state index is 0.0409. The number of ether oxygens (including phenoxy) is 1. The minimum Gasteiger partial charge on any atom is -0.469 e. The van der Waals surface area contributed by atoms with E-state index in [-0.39, 0.29) is 37.0 Å². The number of aromatic nitrogens is 1. The molecule has 9 heteroatoms. The molecule has 0 unspecified atom stereocenters. The lowest BCUT2D eigenvalue weighted by Crippen LogP contribution is -2.19. The summed E-state index contributed by atoms with van der Waals surface area (Å²) in [5, 5.41) is 11.1. The minimum atomic E-state index is -0.472. The van der Waals surface area contributed by atoms with Crippen LogP contribution in [0, 0.1) is 10.1 Å². The highest BCUT2D eigenvalue weighted by molar-refractivity contribution is 7.16. The van der Waals surface area contributed by atoms with Gasteiger partial charge in [-0.05, 0) is 18.1 Å². The summed E-state index contributed by atoms with van der Waals surface area (Å²) < 4.78 is 7.03. The number of carbonyl (C=O) groups is 2. The van der Waals surface area contributed by atoms with Crippen LogP contribution in [-0.2, 0) is 27.3 Å². The van der Waals surface area contributed by atoms with E-state index >= 15 is 0 Å². The molecular weight excluding hydrogens is 394 g/mol. The second-order valence-electron chi connectivity index (χ2n) is 6.26. The first-order valence-corrected chi connectivity index (χ1v) is 9.75. The molecule has 8 nitrogen and oxygen atoms in total. The van der Waals surface area contributed by atoms with Gasteiger partial charge in [-0.1, -0.05) is 41.7 Å². The van der Waals surface area contributed by atoms with Crippen LogP contribution in [0.1, 0.15) is 18.4 Å². The number of hydrogen-bond acceptors (Lipinski definition) is 6. The Kier molecular flexibility index (Phi) is 6.50. The predicted molar refractivity (Wildman–Crippen MR) is 108 cm³/mol. The maximum absolute atomic E-state index is 12.4. The molecule has 0 saturated heterocycles. The highest BCUT2D eigenvalue weighted by Gasteiger charge is 2.14. The number of nitrogens with zero attached hydrogens (tertiary/aromatic N) is 3. The van der Waals surface area contributed by atoms with Crippen molar-refractivity contribution >= 4 is 39.1 Å². The Balaban J connectivity index is 1.92. The molecule has 0 spiro atoms. The fourth-order valence-corrected chi connectivity index (χ4v) is 3.95. The largest absolute Gasteiger partial charge is 0.469 e. The number of methoxy groups -OCH3 is 1. The summed E-state index contributed by atoms with van der Waals surface area (Å²) >= 11 is 1.18. The number of nitro benzene ring substituents is 1. The molecule has 3 aromatic rings. The molecule has 2 aromatic carbocycles. The molecule has 0 radical (unpaired) electrons. The van der Waals surface area contributed by atoms with Crippen LogP contribution >= 0.6 is 11.3 Å². The SMILES string of the molecule is COC(=O)CCn1c(=NC(=O)CCc2ccccc2)sc2cc([N+](=O)[O-])ccc21. The third-order valence-electron chi connectivity index (χ3n) is 4.34. The number of nitro groups is 1. The molecule has 0 fully saturated rings. The fourth-order valence-electron chi connectivity index (χ4n) is 2.84. The summed E-state index contributed by atoms with van der Waals surface area (Å²) in [6.45, 7) is 0.259. The van der Waals surface area contributed by atoms with Gasteiger partial charge in [0.2, 0.25) is 5.91 Å². The molecule has 0 atom stereocenters. The molecule has 0 bridgehead atoms. The smallest absolute Gasteiger partial charge is 0.307 e. The van der Waals surface area contributed by atoms with Crippen LogP contribution in [0.25, 0.3) is 10.2 Å². The van der Waals surface area contributed by atoms with Gasteiger partial charge in [-0.3, -0.25) is 19.7 Å². The number of rotatable bonds is 7. The van der Waals surface area contributed by atoms with Crippen LogP contribution in [-0.4, -0.2) is 28.5 Å². The van der Waals surface area contributed by atoms with Gasteiger partial charge < -0.3 is 9.30 Å². The number of hydrogen-bond donors (Lipinski definition) is 0. The summed E-state index contributed by atoms with van der Waals surface area (Å²) in [6, 6.07) is 14.1. The second-order valence-corrected chi connectivity index (χ2v) is 7.27. The van der Waals surface area contributed by atoms with E-state index < -0.39 is 4.92 Å². The molecule has 1 amide bonds. The van der Waals surface area contributed by atoms with Crippen molar-refractivity contribution in [2.75, 3.05) is 7.11 Å². The van der Waals surface area contributed by atoms with Crippen molar-refractivity contribution in [2.45, 2.75) is 25.8 Å². The lowest BCUT2D eigenvalue weighted by atomic mass is 10.1. The van der Waals surface area contributed by atoms with E-state index in [0.29, 0.717) is 21.4 Å². The van der Waals surface area contributed by atoms with Gasteiger partial charge in [0.05, 0.1) is 28.7 Å². The average Bonchev–Trinajstić information content (AvgIpc) is 3.07. The molecule has 150 valence electrons. The number of esters is 1. The van der Waals surface area contributed by atoms with Crippen molar-refractivity contribution in [3.63, 3.8) is 0 Å². The molecule has 1 aromatic heterocycles. The standard InChI is InChI=1S/C20H19N3O5S/c1-28-19(25)11-12-22-16-9-8-15(23(26)27)13-17(16)29-20(22)21-18(24)10-7-14-5-3-2-4-6-14/h2-6,8-9,13H,7,10-12H2,1H3. The van der Waals surface area contributed by atoms with Gasteiger partial charge in [0.1, 0.15) is 0 Å². The topological polar surface area (TPSA) is 104 Å². The molecule has 0 aliphatic rings. The molecular formula is C20H19N3O5S. The van der Waals surface area contributed by atoms with E-state index in [1.54, 1.807) is 10.6 Å². The van der Waals surface area contributed by atoms with Crippen molar-refractivity contribution < 1.29 is 19.2 Å². The first-order valence-electron chi connectivity index (χ1n) is 8.94. The molecule has 0 aliphatic heterocycles. The van der Waals surface area contributed by atoms with Crippen molar-refractivity contribution in [1.29, 1.82) is 0 Å². The Labute approximate surface area is 170 Å². The first-order chi connectivity index (χ1) is 14.0. The molecule has 29 heavy (non-hydrogen) atoms. The second kappa shape index (κ2) is 9.24. The zero-order chi connectivity index (χ0) is 20.8. The number of non-ortho nitro benzene ring substituents is 1. The van der Waals surface area contributed by atoms with Gasteiger partial charge in [0.15, 0.2) is 4.80 Å². The Morgan fingerprint density at radius 2 is 1.93 bits per heavy atom. The summed E-state index contributed by atoms with van der Waals surface area (Å²) in [5.41, 5.74) is 1.68. The van der Waals surface area contributed by atoms with Crippen LogP contribution in [0.15, 0.2) is 53.5 Å². The van der Waals surface area contributed by atoms with Crippen LogP contribution < -0.4 is 4.80 Å². The highest BCUT2D eigenvalue weighted by atomic mass is 32.1. The van der Waals surface area contributed by atoms with E-state index in [1.807, 2.05) is 30.3 Å². The maximum Gasteiger partial charge on any atom is 0.307 e. The number of fused-ring (bicyclic) bond motifs is 1. The van der Waals surface area contributed by atoms with Crippen molar-refractivity contribution in [2.24, 2.45) is 4.99 Å². The first kappa shape index (κ1) is 20.4.